The second kappa shape index (κ2) is 11.6. The highest BCUT2D eigenvalue weighted by Gasteiger charge is 2.68. The van der Waals surface area contributed by atoms with Gasteiger partial charge in [-0.15, -0.1) is 0 Å². The van der Waals surface area contributed by atoms with E-state index in [0.29, 0.717) is 24.8 Å². The number of ketones is 2. The van der Waals surface area contributed by atoms with Crippen LogP contribution in [0, 0.1) is 28.6 Å². The molecule has 43 heavy (non-hydrogen) atoms. The molecule has 8 atom stereocenters. The SMILES string of the molecule is C[C@]12CCC(=O)C=C1CC[C@H]1[C@H]2[C@@H](O)C[C@@]2(C)[C@@H]1CC[C@]2(O)C(=O)COC(=O)CCC(=O)N[C@@H](C(=O)O)c1ccccc1. The van der Waals surface area contributed by atoms with E-state index >= 15 is 0 Å². The van der Waals surface area contributed by atoms with Gasteiger partial charge in [-0.25, -0.2) is 4.79 Å². The number of carbonyl (C=O) groups is 5. The molecule has 4 aliphatic carbocycles. The maximum atomic E-state index is 13.4. The molecule has 0 aromatic heterocycles. The zero-order valence-corrected chi connectivity index (χ0v) is 24.7. The molecule has 232 valence electrons. The molecule has 4 N–H and O–H groups in total. The van der Waals surface area contributed by atoms with E-state index in [1.807, 2.05) is 6.92 Å². The summed E-state index contributed by atoms with van der Waals surface area (Å²) in [5.41, 5.74) is -1.46. The molecule has 0 radical (unpaired) electrons. The number of allylic oxidation sites excluding steroid dienone is 1. The lowest BCUT2D eigenvalue weighted by Crippen LogP contribution is -2.62. The van der Waals surface area contributed by atoms with Crippen LogP contribution in [-0.2, 0) is 28.7 Å². The molecule has 0 saturated heterocycles. The fourth-order valence-corrected chi connectivity index (χ4v) is 8.87. The molecule has 0 aliphatic heterocycles. The number of aliphatic carboxylic acids is 1. The quantitative estimate of drug-likeness (QED) is 0.314. The van der Waals surface area contributed by atoms with Gasteiger partial charge in [-0.1, -0.05) is 49.8 Å². The lowest BCUT2D eigenvalue weighted by Gasteiger charge is -2.60. The Kier molecular flexibility index (Phi) is 8.39. The zero-order valence-electron chi connectivity index (χ0n) is 24.7. The number of nitrogens with one attached hydrogen (secondary N) is 1. The maximum Gasteiger partial charge on any atom is 0.330 e. The summed E-state index contributed by atoms with van der Waals surface area (Å²) in [7, 11) is 0. The molecule has 10 nitrogen and oxygen atoms in total. The van der Waals surface area contributed by atoms with E-state index in [0.717, 1.165) is 18.4 Å². The normalized spacial score (nSPS) is 35.4. The molecule has 1 aromatic rings. The van der Waals surface area contributed by atoms with Crippen molar-refractivity contribution in [1.29, 1.82) is 0 Å². The summed E-state index contributed by atoms with van der Waals surface area (Å²) in [6.07, 6.45) is 4.07. The average Bonchev–Trinajstić information content (AvgIpc) is 3.24. The van der Waals surface area contributed by atoms with Crippen LogP contribution in [0.2, 0.25) is 0 Å². The van der Waals surface area contributed by atoms with Crippen molar-refractivity contribution >= 4 is 29.4 Å². The first kappa shape index (κ1) is 31.1. The second-order valence-corrected chi connectivity index (χ2v) is 13.3. The van der Waals surface area contributed by atoms with Gasteiger partial charge in [0.2, 0.25) is 11.7 Å². The van der Waals surface area contributed by atoms with E-state index in [1.165, 1.54) is 0 Å². The van der Waals surface area contributed by atoms with Crippen molar-refractivity contribution < 1.29 is 44.0 Å². The van der Waals surface area contributed by atoms with Crippen LogP contribution >= 0.6 is 0 Å². The first-order chi connectivity index (χ1) is 20.3. The van der Waals surface area contributed by atoms with Gasteiger partial charge in [0.25, 0.3) is 0 Å². The molecule has 3 saturated carbocycles. The molecule has 1 aromatic carbocycles. The summed E-state index contributed by atoms with van der Waals surface area (Å²) < 4.78 is 5.18. The Labute approximate surface area is 250 Å². The molecule has 0 spiro atoms. The number of aliphatic hydroxyl groups excluding tert-OH is 1. The van der Waals surface area contributed by atoms with Crippen LogP contribution in [-0.4, -0.2) is 63.0 Å². The molecule has 3 fully saturated rings. The molecule has 10 heteroatoms. The molecule has 5 rings (SSSR count). The van der Waals surface area contributed by atoms with Crippen molar-refractivity contribution in [2.75, 3.05) is 6.61 Å². The number of rotatable bonds is 9. The lowest BCUT2D eigenvalue weighted by molar-refractivity contribution is -0.184. The molecule has 0 bridgehead atoms. The van der Waals surface area contributed by atoms with Gasteiger partial charge in [0, 0.05) is 18.3 Å². The zero-order chi connectivity index (χ0) is 31.2. The average molecular weight is 596 g/mol. The van der Waals surface area contributed by atoms with E-state index in [-0.39, 0.29) is 54.6 Å². The van der Waals surface area contributed by atoms with Gasteiger partial charge in [0.1, 0.15) is 5.60 Å². The summed E-state index contributed by atoms with van der Waals surface area (Å²) in [4.78, 5) is 62.0. The number of carboxylic acid groups (broad SMARTS) is 1. The van der Waals surface area contributed by atoms with Crippen molar-refractivity contribution in [2.24, 2.45) is 28.6 Å². The Hall–Kier alpha value is -3.37. The van der Waals surface area contributed by atoms with Gasteiger partial charge in [0.05, 0.1) is 12.5 Å². The third-order valence-corrected chi connectivity index (χ3v) is 11.1. The van der Waals surface area contributed by atoms with Crippen molar-refractivity contribution in [3.8, 4) is 0 Å². The summed E-state index contributed by atoms with van der Waals surface area (Å²) in [5.74, 6) is -3.16. The summed E-state index contributed by atoms with van der Waals surface area (Å²) in [6, 6.07) is 6.91. The van der Waals surface area contributed by atoms with Gasteiger partial charge in [-0.3, -0.25) is 19.2 Å². The van der Waals surface area contributed by atoms with Crippen molar-refractivity contribution in [1.82, 2.24) is 5.32 Å². The Morgan fingerprint density at radius 1 is 1.05 bits per heavy atom. The summed E-state index contributed by atoms with van der Waals surface area (Å²) in [5, 5.41) is 35.2. The lowest BCUT2D eigenvalue weighted by atomic mass is 9.45. The highest BCUT2D eigenvalue weighted by atomic mass is 16.5. The van der Waals surface area contributed by atoms with Gasteiger partial charge < -0.3 is 25.4 Å². The fourth-order valence-electron chi connectivity index (χ4n) is 8.87. The first-order valence-electron chi connectivity index (χ1n) is 15.2. The second-order valence-electron chi connectivity index (χ2n) is 13.3. The standard InChI is InChI=1S/C33H41NO9/c1-31-14-12-21(35)16-20(31)8-9-22-23-13-15-33(42,32(23,2)17-24(36)28(22)31)25(37)18-43-27(39)11-10-26(38)34-29(30(40)41)19-6-4-3-5-7-19/h3-7,16,22-24,28-29,36,42H,8-15,17-18H2,1-2H3,(H,34,38)(H,40,41)/t22-,23-,24+,28+,29-,31+,32+,33+/m1/s1. The highest BCUT2D eigenvalue weighted by molar-refractivity contribution is 5.92. The summed E-state index contributed by atoms with van der Waals surface area (Å²) >= 11 is 0. The number of carbonyl (C=O) groups excluding carboxylic acids is 4. The van der Waals surface area contributed by atoms with Crippen LogP contribution < -0.4 is 5.32 Å². The minimum atomic E-state index is -1.77. The predicted molar refractivity (Wildman–Crippen MR) is 153 cm³/mol. The molecular formula is C33H41NO9. The predicted octanol–water partition coefficient (Wildman–Crippen LogP) is 3.05. The largest absolute Gasteiger partial charge is 0.479 e. The van der Waals surface area contributed by atoms with Crippen LogP contribution in [0.15, 0.2) is 42.0 Å². The van der Waals surface area contributed by atoms with Gasteiger partial charge in [-0.2, -0.15) is 0 Å². The minimum absolute atomic E-state index is 0.00274. The number of hydrogen-bond acceptors (Lipinski definition) is 8. The highest BCUT2D eigenvalue weighted by Crippen LogP contribution is 2.67. The van der Waals surface area contributed by atoms with Crippen LogP contribution in [0.1, 0.15) is 83.2 Å². The van der Waals surface area contributed by atoms with Gasteiger partial charge >= 0.3 is 11.9 Å². The molecule has 0 heterocycles. The fraction of sp³-hybridized carbons (Fsp3) is 0.606. The van der Waals surface area contributed by atoms with Crippen molar-refractivity contribution in [3.63, 3.8) is 0 Å². The van der Waals surface area contributed by atoms with Crippen molar-refractivity contribution in [2.45, 2.75) is 89.4 Å². The topological polar surface area (TPSA) is 167 Å². The Bertz CT molecular complexity index is 1340. The van der Waals surface area contributed by atoms with Gasteiger partial charge in [0.15, 0.2) is 18.4 Å². The molecule has 1 amide bonds. The number of carboxylic acids is 1. The van der Waals surface area contributed by atoms with E-state index in [9.17, 15) is 39.3 Å². The van der Waals surface area contributed by atoms with Crippen LogP contribution in [0.3, 0.4) is 0 Å². The number of aliphatic hydroxyl groups is 2. The van der Waals surface area contributed by atoms with E-state index in [4.69, 9.17) is 4.74 Å². The number of Topliss-reactive ketones (excluding diaryl/α,β-unsaturated/α-hetero) is 1. The van der Waals surface area contributed by atoms with Crippen LogP contribution in [0.4, 0.5) is 0 Å². The number of esters is 1. The molecule has 0 unspecified atom stereocenters. The minimum Gasteiger partial charge on any atom is -0.479 e. The third kappa shape index (κ3) is 5.44. The summed E-state index contributed by atoms with van der Waals surface area (Å²) in [6.45, 7) is 3.35. The number of amides is 1. The number of ether oxygens (including phenoxy) is 1. The van der Waals surface area contributed by atoms with Crippen LogP contribution in [0.5, 0.6) is 0 Å². The van der Waals surface area contributed by atoms with E-state index < -0.39 is 53.4 Å². The van der Waals surface area contributed by atoms with Crippen LogP contribution in [0.25, 0.3) is 0 Å². The monoisotopic (exact) mass is 595 g/mol. The third-order valence-electron chi connectivity index (χ3n) is 11.1. The number of benzene rings is 1. The van der Waals surface area contributed by atoms with E-state index in [1.54, 1.807) is 36.4 Å². The Morgan fingerprint density at radius 3 is 2.47 bits per heavy atom. The van der Waals surface area contributed by atoms with Gasteiger partial charge in [-0.05, 0) is 73.3 Å². The maximum absolute atomic E-state index is 13.4. The number of hydrogen-bond donors (Lipinski definition) is 4. The smallest absolute Gasteiger partial charge is 0.330 e. The Morgan fingerprint density at radius 2 is 1.77 bits per heavy atom. The molecule has 4 aliphatic rings. The van der Waals surface area contributed by atoms with E-state index in [2.05, 4.69) is 12.2 Å². The van der Waals surface area contributed by atoms with Crippen molar-refractivity contribution in [3.05, 3.63) is 47.5 Å². The number of fused-ring (bicyclic) bond motifs is 5. The molecular weight excluding hydrogens is 554 g/mol. The first-order valence-corrected chi connectivity index (χ1v) is 15.2. The Balaban J connectivity index is 1.18.